The lowest BCUT2D eigenvalue weighted by molar-refractivity contribution is 0.206. The normalized spacial score (nSPS) is 19.8. The average Bonchev–Trinajstić information content (AvgIpc) is 3.19. The number of rotatable bonds is 5. The Hall–Kier alpha value is -2.26. The summed E-state index contributed by atoms with van der Waals surface area (Å²) in [6.07, 6.45) is 3.51. The number of hydrogen-bond donors (Lipinski definition) is 0. The van der Waals surface area contributed by atoms with Crippen LogP contribution in [0, 0.1) is 0 Å². The minimum absolute atomic E-state index is 0.219. The number of piperidine rings is 1. The first-order chi connectivity index (χ1) is 15.7. The zero-order valence-corrected chi connectivity index (χ0v) is 19.8. The third kappa shape index (κ3) is 3.96. The van der Waals surface area contributed by atoms with Gasteiger partial charge in [0.15, 0.2) is 0 Å². The summed E-state index contributed by atoms with van der Waals surface area (Å²) in [4.78, 5) is 2.45. The molecule has 0 radical (unpaired) electrons. The maximum Gasteiger partial charge on any atom is 0.284 e. The van der Waals surface area contributed by atoms with E-state index < -0.39 is 7.44 Å². The lowest BCUT2D eigenvalue weighted by Crippen LogP contribution is -2.38. The summed E-state index contributed by atoms with van der Waals surface area (Å²) in [5.41, 5.74) is 3.11. The van der Waals surface area contributed by atoms with E-state index in [1.165, 1.54) is 6.42 Å². The highest BCUT2D eigenvalue weighted by Crippen LogP contribution is 2.70. The van der Waals surface area contributed by atoms with Crippen LogP contribution >= 0.6 is 19.0 Å². The first kappa shape index (κ1) is 21.6. The Kier molecular flexibility index (Phi) is 6.28. The molecule has 2 fully saturated rings. The second kappa shape index (κ2) is 9.31. The minimum Gasteiger partial charge on any atom is -0.304 e. The Labute approximate surface area is 195 Å². The van der Waals surface area contributed by atoms with Gasteiger partial charge in [-0.1, -0.05) is 66.6 Å². The predicted octanol–water partition coefficient (Wildman–Crippen LogP) is 7.04. The van der Waals surface area contributed by atoms with Gasteiger partial charge in [-0.25, -0.2) is 0 Å². The number of halogens is 1. The lowest BCUT2D eigenvalue weighted by atomic mass is 10.1. The summed E-state index contributed by atoms with van der Waals surface area (Å²) in [5, 5.41) is 0.704. The molecule has 5 rings (SSSR count). The largest absolute Gasteiger partial charge is 0.304 e. The molecule has 0 N–H and O–H groups in total. The summed E-state index contributed by atoms with van der Waals surface area (Å²) in [5.74, 6) is -0.219. The Bertz CT molecular complexity index is 1020. The fourth-order valence-corrected chi connectivity index (χ4v) is 8.89. The maximum absolute atomic E-state index is 15.5. The van der Waals surface area contributed by atoms with E-state index in [1.54, 1.807) is 0 Å². The minimum atomic E-state index is -3.10. The maximum atomic E-state index is 15.5. The van der Waals surface area contributed by atoms with Crippen LogP contribution in [-0.2, 0) is 4.57 Å². The van der Waals surface area contributed by atoms with Gasteiger partial charge in [-0.15, -0.1) is 0 Å². The Balaban J connectivity index is 1.68. The van der Waals surface area contributed by atoms with Crippen LogP contribution in [0.5, 0.6) is 0 Å². The van der Waals surface area contributed by atoms with Crippen molar-refractivity contribution >= 4 is 30.4 Å². The monoisotopic (exact) mass is 465 g/mol. The van der Waals surface area contributed by atoms with Gasteiger partial charge in [0.25, 0.3) is 7.44 Å². The van der Waals surface area contributed by atoms with Crippen LogP contribution in [-0.4, -0.2) is 31.1 Å². The fourth-order valence-electron chi connectivity index (χ4n) is 5.08. The van der Waals surface area contributed by atoms with Gasteiger partial charge in [0, 0.05) is 29.5 Å². The second-order valence-corrected chi connectivity index (χ2v) is 11.6. The molecule has 1 atom stereocenters. The van der Waals surface area contributed by atoms with Crippen LogP contribution in [0.4, 0.5) is 11.4 Å². The van der Waals surface area contributed by atoms with Crippen molar-refractivity contribution < 1.29 is 4.57 Å². The van der Waals surface area contributed by atoms with Crippen molar-refractivity contribution in [3.63, 3.8) is 0 Å². The quantitative estimate of drug-likeness (QED) is 0.377. The Morgan fingerprint density at radius 1 is 0.656 bits per heavy atom. The molecule has 3 aromatic carbocycles. The SMILES string of the molecule is O=P1(C(c2ccc(Cl)cc2)N2CCCCC2)N(c2ccccc2)CCN1c1ccccc1. The van der Waals surface area contributed by atoms with Crippen molar-refractivity contribution in [2.24, 2.45) is 0 Å². The van der Waals surface area contributed by atoms with Crippen LogP contribution in [0.15, 0.2) is 84.9 Å². The summed E-state index contributed by atoms with van der Waals surface area (Å²) < 4.78 is 19.9. The molecule has 0 amide bonds. The van der Waals surface area contributed by atoms with Crippen LogP contribution in [0.1, 0.15) is 30.6 Å². The number of anilines is 2. The van der Waals surface area contributed by atoms with Gasteiger partial charge >= 0.3 is 0 Å². The molecule has 1 unspecified atom stereocenters. The predicted molar refractivity (Wildman–Crippen MR) is 135 cm³/mol. The molecule has 2 aliphatic heterocycles. The van der Waals surface area contributed by atoms with Gasteiger partial charge in [0.2, 0.25) is 0 Å². The average molecular weight is 466 g/mol. The van der Waals surface area contributed by atoms with Crippen molar-refractivity contribution in [3.8, 4) is 0 Å². The highest BCUT2D eigenvalue weighted by molar-refractivity contribution is 7.67. The molecule has 2 saturated heterocycles. The summed E-state index contributed by atoms with van der Waals surface area (Å²) in [6, 6.07) is 28.4. The van der Waals surface area contributed by atoms with Crippen molar-refractivity contribution in [1.29, 1.82) is 0 Å². The lowest BCUT2D eigenvalue weighted by Gasteiger charge is -2.44. The first-order valence-corrected chi connectivity index (χ1v) is 13.5. The van der Waals surface area contributed by atoms with Gasteiger partial charge < -0.3 is 9.34 Å². The highest BCUT2D eigenvalue weighted by atomic mass is 35.5. The van der Waals surface area contributed by atoms with Crippen molar-refractivity contribution in [2.45, 2.75) is 25.0 Å². The van der Waals surface area contributed by atoms with E-state index in [0.29, 0.717) is 5.02 Å². The number of nitrogens with zero attached hydrogens (tertiary/aromatic N) is 3. The van der Waals surface area contributed by atoms with E-state index in [2.05, 4.69) is 50.6 Å². The van der Waals surface area contributed by atoms with Crippen molar-refractivity contribution in [2.75, 3.05) is 35.5 Å². The van der Waals surface area contributed by atoms with E-state index in [9.17, 15) is 0 Å². The van der Waals surface area contributed by atoms with Gasteiger partial charge in [-0.3, -0.25) is 9.46 Å². The van der Waals surface area contributed by atoms with Gasteiger partial charge in [-0.05, 0) is 67.9 Å². The van der Waals surface area contributed by atoms with E-state index in [4.69, 9.17) is 11.6 Å². The van der Waals surface area contributed by atoms with E-state index in [-0.39, 0.29) is 5.78 Å². The van der Waals surface area contributed by atoms with Gasteiger partial charge in [-0.2, -0.15) is 0 Å². The standard InChI is InChI=1S/C26H29ClN3OP/c27-23-16-14-22(15-17-23)26(28-18-8-3-9-19-28)32(31)29(24-10-4-1-5-11-24)20-21-30(32)25-12-6-2-7-13-25/h1-2,4-7,10-17,26H,3,8-9,18-21H2. The van der Waals surface area contributed by atoms with Crippen molar-refractivity contribution in [1.82, 2.24) is 4.90 Å². The molecule has 4 nitrogen and oxygen atoms in total. The molecule has 2 heterocycles. The second-order valence-electron chi connectivity index (χ2n) is 8.53. The van der Waals surface area contributed by atoms with Crippen LogP contribution in [0.3, 0.4) is 0 Å². The van der Waals surface area contributed by atoms with Gasteiger partial charge in [0.05, 0.1) is 0 Å². The molecule has 32 heavy (non-hydrogen) atoms. The Morgan fingerprint density at radius 2 is 1.16 bits per heavy atom. The fraction of sp³-hybridized carbons (Fsp3) is 0.308. The third-order valence-corrected chi connectivity index (χ3v) is 10.3. The highest BCUT2D eigenvalue weighted by Gasteiger charge is 2.52. The molecule has 0 aromatic heterocycles. The summed E-state index contributed by atoms with van der Waals surface area (Å²) >= 11 is 6.24. The molecular formula is C26H29ClN3OP. The molecule has 166 valence electrons. The molecular weight excluding hydrogens is 437 g/mol. The topological polar surface area (TPSA) is 26.8 Å². The summed E-state index contributed by atoms with van der Waals surface area (Å²) in [7, 11) is -3.10. The number of hydrogen-bond acceptors (Lipinski definition) is 2. The van der Waals surface area contributed by atoms with Gasteiger partial charge in [0.1, 0.15) is 5.78 Å². The number of para-hydroxylation sites is 2. The molecule has 0 bridgehead atoms. The van der Waals surface area contributed by atoms with E-state index >= 15 is 4.57 Å². The third-order valence-electron chi connectivity index (χ3n) is 6.55. The van der Waals surface area contributed by atoms with Crippen LogP contribution in [0.2, 0.25) is 5.02 Å². The van der Waals surface area contributed by atoms with E-state index in [0.717, 1.165) is 56.0 Å². The zero-order valence-electron chi connectivity index (χ0n) is 18.2. The molecule has 0 saturated carbocycles. The molecule has 0 aliphatic carbocycles. The van der Waals surface area contributed by atoms with Crippen LogP contribution < -0.4 is 9.34 Å². The molecule has 6 heteroatoms. The van der Waals surface area contributed by atoms with Crippen molar-refractivity contribution in [3.05, 3.63) is 95.5 Å². The smallest absolute Gasteiger partial charge is 0.284 e. The Morgan fingerprint density at radius 3 is 1.66 bits per heavy atom. The van der Waals surface area contributed by atoms with E-state index in [1.807, 2.05) is 48.5 Å². The number of likely N-dealkylation sites (tertiary alicyclic amines) is 1. The molecule has 3 aromatic rings. The first-order valence-electron chi connectivity index (χ1n) is 11.4. The zero-order chi connectivity index (χ0) is 22.0. The van der Waals surface area contributed by atoms with Crippen LogP contribution in [0.25, 0.3) is 0 Å². The molecule has 0 spiro atoms. The number of benzene rings is 3. The molecule has 2 aliphatic rings. The summed E-state index contributed by atoms with van der Waals surface area (Å²) in [6.45, 7) is 3.38.